The first kappa shape index (κ1) is 21.0. The first-order valence-electron chi connectivity index (χ1n) is 8.22. The van der Waals surface area contributed by atoms with E-state index in [0.29, 0.717) is 20.6 Å². The number of nitrogens with one attached hydrogen (secondary N) is 1. The van der Waals surface area contributed by atoms with Crippen LogP contribution in [-0.4, -0.2) is 20.6 Å². The number of nitrogens with zero attached hydrogens (tertiary/aromatic N) is 1. The number of hydrazone groups is 1. The smallest absolute Gasteiger partial charge is 0.343 e. The third-order valence-corrected chi connectivity index (χ3v) is 5.67. The highest BCUT2D eigenvalue weighted by Gasteiger charge is 2.13. The van der Waals surface area contributed by atoms with Crippen molar-refractivity contribution in [3.05, 3.63) is 93.4 Å². The van der Waals surface area contributed by atoms with Crippen LogP contribution in [0.15, 0.2) is 87.3 Å². The van der Waals surface area contributed by atoms with Crippen LogP contribution < -0.4 is 9.57 Å². The van der Waals surface area contributed by atoms with Crippen LogP contribution in [0, 0.1) is 0 Å². The van der Waals surface area contributed by atoms with Gasteiger partial charge in [-0.2, -0.15) is 13.5 Å². The topological polar surface area (TPSA) is 84.8 Å². The van der Waals surface area contributed by atoms with E-state index >= 15 is 0 Å². The van der Waals surface area contributed by atoms with Crippen LogP contribution in [0.1, 0.15) is 15.9 Å². The Hall–Kier alpha value is -2.68. The number of rotatable bonds is 6. The van der Waals surface area contributed by atoms with Crippen LogP contribution in [-0.2, 0) is 10.0 Å². The van der Waals surface area contributed by atoms with E-state index in [1.807, 2.05) is 0 Å². The maximum absolute atomic E-state index is 12.3. The number of carbonyl (C=O) groups is 1. The molecule has 0 aromatic heterocycles. The van der Waals surface area contributed by atoms with Crippen LogP contribution in [0.5, 0.6) is 5.75 Å². The normalized spacial score (nSPS) is 11.4. The molecule has 0 spiro atoms. The molecule has 0 heterocycles. The summed E-state index contributed by atoms with van der Waals surface area (Å²) in [7, 11) is -3.80. The minimum absolute atomic E-state index is 0.0841. The minimum atomic E-state index is -3.80. The number of carbonyl (C=O) groups excluding carboxylic acids is 1. The van der Waals surface area contributed by atoms with E-state index in [-0.39, 0.29) is 10.6 Å². The molecule has 0 fully saturated rings. The minimum Gasteiger partial charge on any atom is -0.422 e. The van der Waals surface area contributed by atoms with E-state index in [4.69, 9.17) is 16.3 Å². The summed E-state index contributed by atoms with van der Waals surface area (Å²) in [5, 5.41) is 4.29. The summed E-state index contributed by atoms with van der Waals surface area (Å²) in [4.78, 5) is 14.6. The lowest BCUT2D eigenvalue weighted by atomic mass is 10.2. The Bertz CT molecular complexity index is 1150. The zero-order valence-corrected chi connectivity index (χ0v) is 17.9. The number of hydrogen-bond acceptors (Lipinski definition) is 5. The Balaban J connectivity index is 1.79. The van der Waals surface area contributed by atoms with Crippen molar-refractivity contribution in [2.45, 2.75) is 4.90 Å². The number of halogens is 2. The molecule has 0 amide bonds. The third kappa shape index (κ3) is 5.66. The molecule has 3 aromatic rings. The van der Waals surface area contributed by atoms with Crippen LogP contribution >= 0.6 is 27.5 Å². The summed E-state index contributed by atoms with van der Waals surface area (Å²) in [6, 6.07) is 19.0. The number of sulfonamides is 1. The highest BCUT2D eigenvalue weighted by molar-refractivity contribution is 9.10. The van der Waals surface area contributed by atoms with Gasteiger partial charge >= 0.3 is 5.97 Å². The molecule has 6 nitrogen and oxygen atoms in total. The van der Waals surface area contributed by atoms with Crippen molar-refractivity contribution in [3.63, 3.8) is 0 Å². The van der Waals surface area contributed by atoms with Crippen molar-refractivity contribution in [2.75, 3.05) is 0 Å². The van der Waals surface area contributed by atoms with Crippen molar-refractivity contribution < 1.29 is 17.9 Å². The van der Waals surface area contributed by atoms with Gasteiger partial charge in [0.05, 0.1) is 16.7 Å². The second kappa shape index (κ2) is 9.21. The summed E-state index contributed by atoms with van der Waals surface area (Å²) >= 11 is 9.15. The Labute approximate surface area is 181 Å². The van der Waals surface area contributed by atoms with Gasteiger partial charge in [0.2, 0.25) is 0 Å². The van der Waals surface area contributed by atoms with Crippen molar-refractivity contribution in [3.8, 4) is 5.75 Å². The van der Waals surface area contributed by atoms with Crippen molar-refractivity contribution >= 4 is 49.7 Å². The molecule has 0 aliphatic carbocycles. The molecule has 9 heteroatoms. The molecule has 3 aromatic carbocycles. The van der Waals surface area contributed by atoms with E-state index in [1.54, 1.807) is 60.7 Å². The van der Waals surface area contributed by atoms with Gasteiger partial charge in [-0.1, -0.05) is 45.7 Å². The molecule has 0 atom stereocenters. The van der Waals surface area contributed by atoms with Crippen molar-refractivity contribution in [1.29, 1.82) is 0 Å². The highest BCUT2D eigenvalue weighted by atomic mass is 79.9. The molecule has 1 N–H and O–H groups in total. The van der Waals surface area contributed by atoms with Crippen LogP contribution in [0.3, 0.4) is 0 Å². The molecule has 29 heavy (non-hydrogen) atoms. The van der Waals surface area contributed by atoms with Gasteiger partial charge in [0.25, 0.3) is 10.0 Å². The van der Waals surface area contributed by atoms with E-state index in [0.717, 1.165) is 0 Å². The Morgan fingerprint density at radius 2 is 1.72 bits per heavy atom. The molecule has 148 valence electrons. The quantitative estimate of drug-likeness (QED) is 0.235. The second-order valence-corrected chi connectivity index (χ2v) is 8.76. The lowest BCUT2D eigenvalue weighted by Crippen LogP contribution is -2.18. The number of benzene rings is 3. The van der Waals surface area contributed by atoms with Gasteiger partial charge in [-0.05, 0) is 54.6 Å². The molecule has 0 bridgehead atoms. The van der Waals surface area contributed by atoms with Crippen LogP contribution in [0.4, 0.5) is 0 Å². The van der Waals surface area contributed by atoms with Gasteiger partial charge in [-0.3, -0.25) is 0 Å². The van der Waals surface area contributed by atoms with Crippen molar-refractivity contribution in [2.24, 2.45) is 5.10 Å². The Morgan fingerprint density at radius 3 is 2.41 bits per heavy atom. The summed E-state index contributed by atoms with van der Waals surface area (Å²) in [6.07, 6.45) is 1.26. The molecule has 0 aliphatic heterocycles. The highest BCUT2D eigenvalue weighted by Crippen LogP contribution is 2.23. The average Bonchev–Trinajstić information content (AvgIpc) is 2.71. The maximum atomic E-state index is 12.3. The first-order chi connectivity index (χ1) is 13.8. The third-order valence-electron chi connectivity index (χ3n) is 3.68. The standard InChI is InChI=1S/C20H14BrClN2O4S/c21-16-8-11-19(28-20(25)14-6-9-17(22)10-7-14)15(12-16)13-23-24-29(26,27)18-4-2-1-3-5-18/h1-13,24H/b23-13+. The largest absolute Gasteiger partial charge is 0.422 e. The fourth-order valence-electron chi connectivity index (χ4n) is 2.28. The van der Waals surface area contributed by atoms with Gasteiger partial charge in [0.15, 0.2) is 0 Å². The van der Waals surface area contributed by atoms with Gasteiger partial charge in [0.1, 0.15) is 5.75 Å². The first-order valence-corrected chi connectivity index (χ1v) is 10.9. The molecule has 0 saturated carbocycles. The number of esters is 1. The molecule has 0 radical (unpaired) electrons. The van der Waals surface area contributed by atoms with Crippen LogP contribution in [0.25, 0.3) is 0 Å². The van der Waals surface area contributed by atoms with Gasteiger partial charge in [0, 0.05) is 15.1 Å². The van der Waals surface area contributed by atoms with Gasteiger partial charge in [-0.25, -0.2) is 9.63 Å². The predicted molar refractivity (Wildman–Crippen MR) is 115 cm³/mol. The fraction of sp³-hybridized carbons (Fsp3) is 0. The van der Waals surface area contributed by atoms with Crippen LogP contribution in [0.2, 0.25) is 5.02 Å². The summed E-state index contributed by atoms with van der Waals surface area (Å²) in [5.74, 6) is -0.362. The molecule has 0 saturated heterocycles. The van der Waals surface area contributed by atoms with Gasteiger partial charge in [-0.15, -0.1) is 0 Å². The predicted octanol–water partition coefficient (Wildman–Crippen LogP) is 4.63. The van der Waals surface area contributed by atoms with E-state index in [9.17, 15) is 13.2 Å². The molecule has 0 aliphatic rings. The van der Waals surface area contributed by atoms with E-state index < -0.39 is 16.0 Å². The Morgan fingerprint density at radius 1 is 1.03 bits per heavy atom. The summed E-state index contributed by atoms with van der Waals surface area (Å²) in [5.41, 5.74) is 0.724. The monoisotopic (exact) mass is 492 g/mol. The zero-order chi connectivity index (χ0) is 20.9. The number of ether oxygens (including phenoxy) is 1. The molecular weight excluding hydrogens is 480 g/mol. The zero-order valence-electron chi connectivity index (χ0n) is 14.7. The lowest BCUT2D eigenvalue weighted by molar-refractivity contribution is 0.0734. The average molecular weight is 494 g/mol. The summed E-state index contributed by atoms with van der Waals surface area (Å²) in [6.45, 7) is 0. The van der Waals surface area contributed by atoms with E-state index in [1.165, 1.54) is 18.3 Å². The molecular formula is C20H14BrClN2O4S. The SMILES string of the molecule is O=C(Oc1ccc(Br)cc1/C=N/NS(=O)(=O)c1ccccc1)c1ccc(Cl)cc1. The Kier molecular flexibility index (Phi) is 6.68. The van der Waals surface area contributed by atoms with Crippen molar-refractivity contribution in [1.82, 2.24) is 4.83 Å². The van der Waals surface area contributed by atoms with Gasteiger partial charge < -0.3 is 4.74 Å². The lowest BCUT2D eigenvalue weighted by Gasteiger charge is -2.08. The summed E-state index contributed by atoms with van der Waals surface area (Å²) < 4.78 is 30.6. The van der Waals surface area contributed by atoms with E-state index in [2.05, 4.69) is 25.9 Å². The fourth-order valence-corrected chi connectivity index (χ4v) is 3.59. The maximum Gasteiger partial charge on any atom is 0.343 e. The number of hydrogen-bond donors (Lipinski definition) is 1. The molecule has 3 rings (SSSR count). The second-order valence-electron chi connectivity index (χ2n) is 5.74. The molecule has 0 unspecified atom stereocenters.